The highest BCUT2D eigenvalue weighted by Crippen LogP contribution is 2.32. The van der Waals surface area contributed by atoms with Crippen molar-refractivity contribution >= 4 is 10.8 Å². The second-order valence-corrected chi connectivity index (χ2v) is 4.21. The molecule has 2 nitrogen and oxygen atoms in total. The zero-order valence-electron chi connectivity index (χ0n) is 8.70. The minimum Gasteiger partial charge on any atom is -0.468 e. The van der Waals surface area contributed by atoms with Crippen LogP contribution >= 0.6 is 0 Å². The molecule has 1 aliphatic rings. The lowest BCUT2D eigenvalue weighted by atomic mass is 9.93. The monoisotopic (exact) mass is 201 g/mol. The molecule has 78 valence electrons. The maximum Gasteiger partial charge on any atom is 0.114 e. The van der Waals surface area contributed by atoms with Crippen LogP contribution in [0.25, 0.3) is 10.8 Å². The summed E-state index contributed by atoms with van der Waals surface area (Å²) in [6, 6.07) is 8.42. The highest BCUT2D eigenvalue weighted by Gasteiger charge is 2.20. The zero-order chi connectivity index (χ0) is 10.1. The van der Waals surface area contributed by atoms with Crippen molar-refractivity contribution in [2.45, 2.75) is 18.8 Å². The van der Waals surface area contributed by atoms with Crippen LogP contribution in [0.4, 0.5) is 0 Å². The molecular weight excluding hydrogens is 186 g/mol. The molecule has 15 heavy (non-hydrogen) atoms. The maximum absolute atomic E-state index is 5.73. The van der Waals surface area contributed by atoms with Gasteiger partial charge in [0, 0.05) is 16.7 Å². The van der Waals surface area contributed by atoms with Gasteiger partial charge in [-0.1, -0.05) is 24.3 Å². The van der Waals surface area contributed by atoms with Crippen molar-refractivity contribution < 1.29 is 4.42 Å². The third-order valence-electron chi connectivity index (χ3n) is 3.25. The number of benzene rings is 1. The van der Waals surface area contributed by atoms with Crippen molar-refractivity contribution in [3.63, 3.8) is 0 Å². The maximum atomic E-state index is 5.73. The Morgan fingerprint density at radius 3 is 2.80 bits per heavy atom. The first-order chi connectivity index (χ1) is 7.45. The Morgan fingerprint density at radius 1 is 1.13 bits per heavy atom. The van der Waals surface area contributed by atoms with E-state index in [1.165, 1.54) is 29.4 Å². The predicted octanol–water partition coefficient (Wildman–Crippen LogP) is 2.90. The van der Waals surface area contributed by atoms with Crippen LogP contribution in [0, 0.1) is 0 Å². The van der Waals surface area contributed by atoms with Gasteiger partial charge in [-0.05, 0) is 25.9 Å². The summed E-state index contributed by atoms with van der Waals surface area (Å²) < 4.78 is 5.73. The van der Waals surface area contributed by atoms with E-state index in [1.807, 2.05) is 6.26 Å². The van der Waals surface area contributed by atoms with Crippen molar-refractivity contribution in [2.24, 2.45) is 0 Å². The quantitative estimate of drug-likeness (QED) is 0.767. The molecule has 1 saturated heterocycles. The van der Waals surface area contributed by atoms with Crippen LogP contribution in [0.1, 0.15) is 24.5 Å². The molecule has 1 fully saturated rings. The Balaban J connectivity index is 2.02. The van der Waals surface area contributed by atoms with Crippen LogP contribution in [0.2, 0.25) is 0 Å². The number of hydrogen-bond donors (Lipinski definition) is 1. The van der Waals surface area contributed by atoms with Crippen LogP contribution in [-0.4, -0.2) is 13.1 Å². The largest absolute Gasteiger partial charge is 0.468 e. The van der Waals surface area contributed by atoms with Gasteiger partial charge in [0.2, 0.25) is 0 Å². The molecule has 2 heteroatoms. The van der Waals surface area contributed by atoms with Gasteiger partial charge in [-0.25, -0.2) is 0 Å². The molecule has 0 saturated carbocycles. The average Bonchev–Trinajstić information content (AvgIpc) is 2.74. The fraction of sp³-hybridized carbons (Fsp3) is 0.385. The lowest BCUT2D eigenvalue weighted by Crippen LogP contribution is -2.26. The lowest BCUT2D eigenvalue weighted by molar-refractivity contribution is 0.389. The van der Waals surface area contributed by atoms with Gasteiger partial charge in [0.05, 0.1) is 6.26 Å². The van der Waals surface area contributed by atoms with Gasteiger partial charge in [-0.2, -0.15) is 0 Å². The summed E-state index contributed by atoms with van der Waals surface area (Å²) in [5, 5.41) is 5.91. The summed E-state index contributed by atoms with van der Waals surface area (Å²) in [4.78, 5) is 0. The van der Waals surface area contributed by atoms with Crippen molar-refractivity contribution in [1.82, 2.24) is 5.32 Å². The van der Waals surface area contributed by atoms with Crippen molar-refractivity contribution in [2.75, 3.05) is 13.1 Å². The molecule has 0 amide bonds. The molecule has 0 spiro atoms. The third-order valence-corrected chi connectivity index (χ3v) is 3.25. The minimum atomic E-state index is 0.603. The van der Waals surface area contributed by atoms with Crippen molar-refractivity contribution in [3.8, 4) is 0 Å². The molecule has 2 heterocycles. The molecule has 1 aromatic heterocycles. The predicted molar refractivity (Wildman–Crippen MR) is 61.1 cm³/mol. The molecule has 0 unspecified atom stereocenters. The topological polar surface area (TPSA) is 25.2 Å². The summed E-state index contributed by atoms with van der Waals surface area (Å²) in [6.45, 7) is 2.22. The Bertz CT molecular complexity index is 454. The summed E-state index contributed by atoms with van der Waals surface area (Å²) in [5.41, 5.74) is 0. The van der Waals surface area contributed by atoms with Crippen LogP contribution in [0.3, 0.4) is 0 Å². The molecular formula is C13H15NO. The van der Waals surface area contributed by atoms with Gasteiger partial charge in [-0.3, -0.25) is 0 Å². The fourth-order valence-corrected chi connectivity index (χ4v) is 2.41. The summed E-state index contributed by atoms with van der Waals surface area (Å²) in [6.07, 6.45) is 4.27. The molecule has 1 aliphatic heterocycles. The molecule has 0 radical (unpaired) electrons. The highest BCUT2D eigenvalue weighted by atomic mass is 16.3. The van der Waals surface area contributed by atoms with E-state index in [4.69, 9.17) is 4.42 Å². The Hall–Kier alpha value is -1.28. The summed E-state index contributed by atoms with van der Waals surface area (Å²) in [5.74, 6) is 1.79. The van der Waals surface area contributed by atoms with E-state index in [0.717, 1.165) is 13.1 Å². The first-order valence-corrected chi connectivity index (χ1v) is 5.62. The van der Waals surface area contributed by atoms with E-state index < -0.39 is 0 Å². The molecule has 1 N–H and O–H groups in total. The van der Waals surface area contributed by atoms with Gasteiger partial charge in [-0.15, -0.1) is 0 Å². The first-order valence-electron chi connectivity index (χ1n) is 5.62. The van der Waals surface area contributed by atoms with Crippen molar-refractivity contribution in [3.05, 3.63) is 36.3 Å². The number of fused-ring (bicyclic) bond motifs is 1. The molecule has 0 atom stereocenters. The zero-order valence-corrected chi connectivity index (χ0v) is 8.70. The van der Waals surface area contributed by atoms with E-state index >= 15 is 0 Å². The SMILES string of the molecule is c1ccc2c(C3CCNCC3)occ2c1. The Labute approximate surface area is 89.3 Å². The molecule has 1 aromatic carbocycles. The van der Waals surface area contributed by atoms with Gasteiger partial charge in [0.15, 0.2) is 0 Å². The molecule has 0 bridgehead atoms. The van der Waals surface area contributed by atoms with E-state index in [1.54, 1.807) is 0 Å². The van der Waals surface area contributed by atoms with Crippen LogP contribution in [-0.2, 0) is 0 Å². The van der Waals surface area contributed by atoms with Crippen LogP contribution in [0.15, 0.2) is 34.9 Å². The van der Waals surface area contributed by atoms with E-state index in [-0.39, 0.29) is 0 Å². The number of nitrogens with one attached hydrogen (secondary N) is 1. The number of furan rings is 1. The van der Waals surface area contributed by atoms with Crippen LogP contribution in [0.5, 0.6) is 0 Å². The number of rotatable bonds is 1. The molecule has 3 rings (SSSR count). The van der Waals surface area contributed by atoms with E-state index in [0.29, 0.717) is 5.92 Å². The highest BCUT2D eigenvalue weighted by molar-refractivity contribution is 5.84. The average molecular weight is 201 g/mol. The van der Waals surface area contributed by atoms with Crippen LogP contribution < -0.4 is 5.32 Å². The second-order valence-electron chi connectivity index (χ2n) is 4.21. The molecule has 2 aromatic rings. The third kappa shape index (κ3) is 1.55. The normalized spacial score (nSPS) is 18.4. The van der Waals surface area contributed by atoms with Gasteiger partial charge >= 0.3 is 0 Å². The minimum absolute atomic E-state index is 0.603. The lowest BCUT2D eigenvalue weighted by Gasteiger charge is -2.20. The van der Waals surface area contributed by atoms with E-state index in [2.05, 4.69) is 29.6 Å². The van der Waals surface area contributed by atoms with Gasteiger partial charge < -0.3 is 9.73 Å². The summed E-state index contributed by atoms with van der Waals surface area (Å²) in [7, 11) is 0. The van der Waals surface area contributed by atoms with Gasteiger partial charge in [0.1, 0.15) is 5.76 Å². The fourth-order valence-electron chi connectivity index (χ4n) is 2.41. The number of piperidine rings is 1. The smallest absolute Gasteiger partial charge is 0.114 e. The Morgan fingerprint density at radius 2 is 1.93 bits per heavy atom. The molecule has 0 aliphatic carbocycles. The van der Waals surface area contributed by atoms with E-state index in [9.17, 15) is 0 Å². The van der Waals surface area contributed by atoms with Gasteiger partial charge in [0.25, 0.3) is 0 Å². The van der Waals surface area contributed by atoms with Crippen molar-refractivity contribution in [1.29, 1.82) is 0 Å². The first kappa shape index (κ1) is 8.98. The standard InChI is InChI=1S/C13H15NO/c1-2-4-12-11(3-1)9-15-13(12)10-5-7-14-8-6-10/h1-4,9-10,14H,5-8H2. The number of hydrogen-bond acceptors (Lipinski definition) is 2. The second kappa shape index (κ2) is 3.70. The Kier molecular flexibility index (Phi) is 2.22. The summed E-state index contributed by atoms with van der Waals surface area (Å²) >= 11 is 0.